The third kappa shape index (κ3) is 3.04. The fourth-order valence-electron chi connectivity index (χ4n) is 2.47. The second-order valence-corrected chi connectivity index (χ2v) is 4.83. The molecule has 0 saturated heterocycles. The van der Waals surface area contributed by atoms with Gasteiger partial charge in [0.1, 0.15) is 0 Å². The van der Waals surface area contributed by atoms with E-state index in [1.54, 1.807) is 0 Å². The van der Waals surface area contributed by atoms with Gasteiger partial charge >= 0.3 is 6.18 Å². The van der Waals surface area contributed by atoms with Crippen molar-refractivity contribution in [1.29, 1.82) is 0 Å². The summed E-state index contributed by atoms with van der Waals surface area (Å²) in [5.41, 5.74) is 0.569. The lowest BCUT2D eigenvalue weighted by molar-refractivity contribution is -0.137. The first-order valence-electron chi connectivity index (χ1n) is 6.41. The number of para-hydroxylation sites is 1. The Balaban J connectivity index is 2.28. The first-order valence-corrected chi connectivity index (χ1v) is 6.41. The van der Waals surface area contributed by atoms with Gasteiger partial charge in [0.05, 0.1) is 16.8 Å². The molecule has 0 radical (unpaired) electrons. The number of alkyl halides is 3. The van der Waals surface area contributed by atoms with E-state index < -0.39 is 23.3 Å². The highest BCUT2D eigenvalue weighted by molar-refractivity contribution is 6.00. The van der Waals surface area contributed by atoms with Crippen molar-refractivity contribution in [1.82, 2.24) is 5.32 Å². The summed E-state index contributed by atoms with van der Waals surface area (Å²) < 4.78 is 38.6. The lowest BCUT2D eigenvalue weighted by Gasteiger charge is -2.17. The van der Waals surface area contributed by atoms with E-state index in [9.17, 15) is 18.0 Å². The number of nitrogen functional groups attached to an aromatic ring is 1. The topological polar surface area (TPSA) is 67.1 Å². The van der Waals surface area contributed by atoms with E-state index >= 15 is 0 Å². The fourth-order valence-corrected chi connectivity index (χ4v) is 2.47. The molecular weight excluding hydrogens is 271 g/mol. The molecule has 0 atom stereocenters. The zero-order chi connectivity index (χ0) is 14.8. The zero-order valence-electron chi connectivity index (χ0n) is 10.8. The molecule has 4 nitrogen and oxygen atoms in total. The molecule has 4 N–H and O–H groups in total. The molecule has 1 aliphatic rings. The van der Waals surface area contributed by atoms with Crippen molar-refractivity contribution in [2.24, 2.45) is 5.84 Å². The van der Waals surface area contributed by atoms with Crippen molar-refractivity contribution < 1.29 is 18.0 Å². The molecule has 2 rings (SSSR count). The monoisotopic (exact) mass is 287 g/mol. The van der Waals surface area contributed by atoms with Crippen molar-refractivity contribution >= 4 is 11.6 Å². The lowest BCUT2D eigenvalue weighted by Crippen LogP contribution is -2.33. The quantitative estimate of drug-likeness (QED) is 0.591. The number of amides is 1. The summed E-state index contributed by atoms with van der Waals surface area (Å²) in [4.78, 5) is 12.1. The van der Waals surface area contributed by atoms with Gasteiger partial charge in [0, 0.05) is 6.04 Å². The van der Waals surface area contributed by atoms with E-state index in [1.807, 2.05) is 5.43 Å². The van der Waals surface area contributed by atoms with Crippen LogP contribution in [0.15, 0.2) is 18.2 Å². The number of nitrogens with two attached hydrogens (primary N) is 1. The van der Waals surface area contributed by atoms with Crippen LogP contribution in [-0.4, -0.2) is 11.9 Å². The van der Waals surface area contributed by atoms with Gasteiger partial charge in [-0.1, -0.05) is 18.9 Å². The number of hydrogen-bond acceptors (Lipinski definition) is 3. The average molecular weight is 287 g/mol. The number of anilines is 1. The molecule has 0 aromatic heterocycles. The summed E-state index contributed by atoms with van der Waals surface area (Å²) in [6.07, 6.45) is -0.803. The summed E-state index contributed by atoms with van der Waals surface area (Å²) in [5, 5.41) is 2.75. The fraction of sp³-hybridized carbons (Fsp3) is 0.462. The largest absolute Gasteiger partial charge is 0.418 e. The Labute approximate surface area is 114 Å². The minimum atomic E-state index is -4.56. The highest BCUT2D eigenvalue weighted by Crippen LogP contribution is 2.36. The first kappa shape index (κ1) is 14.6. The van der Waals surface area contributed by atoms with Crippen LogP contribution in [0.4, 0.5) is 18.9 Å². The maximum Gasteiger partial charge on any atom is 0.418 e. The molecule has 110 valence electrons. The number of hydrazine groups is 1. The van der Waals surface area contributed by atoms with Crippen LogP contribution in [0.3, 0.4) is 0 Å². The van der Waals surface area contributed by atoms with Gasteiger partial charge in [-0.2, -0.15) is 13.2 Å². The van der Waals surface area contributed by atoms with E-state index in [0.29, 0.717) is 0 Å². The van der Waals surface area contributed by atoms with Crippen LogP contribution >= 0.6 is 0 Å². The van der Waals surface area contributed by atoms with Crippen molar-refractivity contribution in [2.45, 2.75) is 37.9 Å². The number of rotatable bonds is 3. The van der Waals surface area contributed by atoms with Crippen LogP contribution < -0.4 is 16.6 Å². The number of nitrogens with one attached hydrogen (secondary N) is 2. The molecule has 1 fully saturated rings. The van der Waals surface area contributed by atoms with Gasteiger partial charge in [-0.3, -0.25) is 10.6 Å². The maximum atomic E-state index is 12.9. The number of carbonyl (C=O) groups excluding carboxylic acids is 1. The number of carbonyl (C=O) groups is 1. The van der Waals surface area contributed by atoms with Gasteiger partial charge in [0.25, 0.3) is 5.91 Å². The normalized spacial score (nSPS) is 16.2. The van der Waals surface area contributed by atoms with Crippen molar-refractivity contribution in [3.63, 3.8) is 0 Å². The SMILES string of the molecule is NNc1c(C(=O)NC2CCCC2)cccc1C(F)(F)F. The Morgan fingerprint density at radius 1 is 1.25 bits per heavy atom. The van der Waals surface area contributed by atoms with Crippen LogP contribution in [0.1, 0.15) is 41.6 Å². The molecule has 0 spiro atoms. The average Bonchev–Trinajstić information content (AvgIpc) is 2.89. The van der Waals surface area contributed by atoms with Gasteiger partial charge in [-0.25, -0.2) is 0 Å². The van der Waals surface area contributed by atoms with E-state index in [4.69, 9.17) is 5.84 Å². The first-order chi connectivity index (χ1) is 9.43. The Hall–Kier alpha value is -1.76. The molecular formula is C13H16F3N3O. The van der Waals surface area contributed by atoms with Crippen LogP contribution in [0, 0.1) is 0 Å². The van der Waals surface area contributed by atoms with E-state index in [0.717, 1.165) is 31.7 Å². The molecule has 0 heterocycles. The number of halogens is 3. The summed E-state index contributed by atoms with van der Waals surface area (Å²) in [7, 11) is 0. The maximum absolute atomic E-state index is 12.9. The molecule has 1 saturated carbocycles. The predicted octanol–water partition coefficient (Wildman–Crippen LogP) is 2.66. The molecule has 1 aromatic carbocycles. The zero-order valence-corrected chi connectivity index (χ0v) is 10.8. The minimum Gasteiger partial charge on any atom is -0.349 e. The van der Waals surface area contributed by atoms with Crippen molar-refractivity contribution in [3.05, 3.63) is 29.3 Å². The lowest BCUT2D eigenvalue weighted by atomic mass is 10.1. The molecule has 1 aromatic rings. The van der Waals surface area contributed by atoms with E-state index in [1.165, 1.54) is 12.1 Å². The summed E-state index contributed by atoms with van der Waals surface area (Å²) in [5.74, 6) is 4.63. The van der Waals surface area contributed by atoms with Crippen LogP contribution in [-0.2, 0) is 6.18 Å². The van der Waals surface area contributed by atoms with Crippen LogP contribution in [0.2, 0.25) is 0 Å². The Bertz CT molecular complexity index is 496. The molecule has 20 heavy (non-hydrogen) atoms. The van der Waals surface area contributed by atoms with Crippen molar-refractivity contribution in [2.75, 3.05) is 5.43 Å². The predicted molar refractivity (Wildman–Crippen MR) is 69.0 cm³/mol. The minimum absolute atomic E-state index is 0.0302. The van der Waals surface area contributed by atoms with E-state index in [2.05, 4.69) is 5.32 Å². The molecule has 7 heteroatoms. The second-order valence-electron chi connectivity index (χ2n) is 4.83. The molecule has 0 aliphatic heterocycles. The highest BCUT2D eigenvalue weighted by Gasteiger charge is 2.35. The smallest absolute Gasteiger partial charge is 0.349 e. The van der Waals surface area contributed by atoms with Gasteiger partial charge in [0.2, 0.25) is 0 Å². The van der Waals surface area contributed by atoms with E-state index in [-0.39, 0.29) is 11.6 Å². The Morgan fingerprint density at radius 3 is 2.45 bits per heavy atom. The highest BCUT2D eigenvalue weighted by atomic mass is 19.4. The Morgan fingerprint density at radius 2 is 1.90 bits per heavy atom. The Kier molecular flexibility index (Phi) is 4.17. The number of hydrogen-bond donors (Lipinski definition) is 3. The van der Waals surface area contributed by atoms with Gasteiger partial charge < -0.3 is 10.7 Å². The molecule has 1 aliphatic carbocycles. The number of benzene rings is 1. The molecule has 0 bridgehead atoms. The molecule has 0 unspecified atom stereocenters. The third-order valence-corrected chi connectivity index (χ3v) is 3.45. The standard InChI is InChI=1S/C13H16F3N3O/c14-13(15,16)10-7-3-6-9(11(10)19-17)12(20)18-8-4-1-2-5-8/h3,6-8,19H,1-2,4-5,17H2,(H,18,20). The van der Waals surface area contributed by atoms with Gasteiger partial charge in [-0.05, 0) is 25.0 Å². The van der Waals surface area contributed by atoms with Crippen molar-refractivity contribution in [3.8, 4) is 0 Å². The third-order valence-electron chi connectivity index (χ3n) is 3.45. The van der Waals surface area contributed by atoms with Gasteiger partial charge in [0.15, 0.2) is 0 Å². The van der Waals surface area contributed by atoms with Gasteiger partial charge in [-0.15, -0.1) is 0 Å². The molecule has 1 amide bonds. The summed E-state index contributed by atoms with van der Waals surface area (Å²) in [6.45, 7) is 0. The second kappa shape index (κ2) is 5.70. The van der Waals surface area contributed by atoms with Crippen LogP contribution in [0.25, 0.3) is 0 Å². The summed E-state index contributed by atoms with van der Waals surface area (Å²) >= 11 is 0. The summed E-state index contributed by atoms with van der Waals surface area (Å²) in [6, 6.07) is 3.45. The van der Waals surface area contributed by atoms with Crippen LogP contribution in [0.5, 0.6) is 0 Å².